The number of fused-ring (bicyclic) bond motifs is 1. The van der Waals surface area contributed by atoms with Crippen LogP contribution in [0.1, 0.15) is 71.6 Å². The number of hydrogen-bond acceptors (Lipinski definition) is 2. The van der Waals surface area contributed by atoms with Gasteiger partial charge in [-0.2, -0.15) is 0 Å². The average Bonchev–Trinajstić information content (AvgIpc) is 2.81. The van der Waals surface area contributed by atoms with E-state index >= 15 is 0 Å². The van der Waals surface area contributed by atoms with E-state index in [0.29, 0.717) is 6.04 Å². The van der Waals surface area contributed by atoms with Crippen molar-refractivity contribution in [1.82, 2.24) is 10.2 Å². The fourth-order valence-electron chi connectivity index (χ4n) is 3.96. The van der Waals surface area contributed by atoms with Gasteiger partial charge < -0.3 is 10.2 Å². The van der Waals surface area contributed by atoms with Gasteiger partial charge in [-0.1, -0.05) is 39.5 Å². The van der Waals surface area contributed by atoms with Crippen LogP contribution in [-0.2, 0) is 0 Å². The Morgan fingerprint density at radius 3 is 2.63 bits per heavy atom. The van der Waals surface area contributed by atoms with Crippen molar-refractivity contribution in [2.24, 2.45) is 5.92 Å². The van der Waals surface area contributed by atoms with Gasteiger partial charge in [0.25, 0.3) is 0 Å². The van der Waals surface area contributed by atoms with Crippen LogP contribution in [0.25, 0.3) is 0 Å². The molecule has 0 aromatic carbocycles. The van der Waals surface area contributed by atoms with E-state index in [1.165, 1.54) is 77.4 Å². The Balaban J connectivity index is 1.49. The summed E-state index contributed by atoms with van der Waals surface area (Å²) < 4.78 is 0. The minimum absolute atomic E-state index is 0.646. The summed E-state index contributed by atoms with van der Waals surface area (Å²) in [5.41, 5.74) is 0. The lowest BCUT2D eigenvalue weighted by molar-refractivity contribution is 0.179. The Labute approximate surface area is 120 Å². The molecule has 0 aromatic rings. The molecule has 2 atom stereocenters. The molecule has 0 radical (unpaired) electrons. The van der Waals surface area contributed by atoms with Gasteiger partial charge in [0.2, 0.25) is 0 Å². The minimum Gasteiger partial charge on any atom is -0.315 e. The summed E-state index contributed by atoms with van der Waals surface area (Å²) in [5.74, 6) is 1.06. The number of unbranched alkanes of at least 4 members (excludes halogenated alkanes) is 3. The highest BCUT2D eigenvalue weighted by atomic mass is 15.2. The van der Waals surface area contributed by atoms with Crippen LogP contribution < -0.4 is 5.32 Å². The topological polar surface area (TPSA) is 15.3 Å². The summed E-state index contributed by atoms with van der Waals surface area (Å²) in [6.45, 7) is 8.43. The summed E-state index contributed by atoms with van der Waals surface area (Å²) >= 11 is 0. The maximum atomic E-state index is 3.50. The van der Waals surface area contributed by atoms with Crippen molar-refractivity contribution in [3.63, 3.8) is 0 Å². The first-order valence-electron chi connectivity index (χ1n) is 8.75. The van der Waals surface area contributed by atoms with Crippen molar-refractivity contribution in [2.45, 2.75) is 83.7 Å². The Morgan fingerprint density at radius 2 is 1.79 bits per heavy atom. The monoisotopic (exact) mass is 266 g/mol. The predicted octanol–water partition coefficient (Wildman–Crippen LogP) is 3.81. The zero-order valence-electron chi connectivity index (χ0n) is 13.2. The fourth-order valence-corrected chi connectivity index (χ4v) is 3.96. The van der Waals surface area contributed by atoms with Crippen molar-refractivity contribution in [2.75, 3.05) is 19.6 Å². The first kappa shape index (κ1) is 15.3. The summed E-state index contributed by atoms with van der Waals surface area (Å²) in [4.78, 5) is 2.82. The van der Waals surface area contributed by atoms with Crippen LogP contribution in [0, 0.1) is 5.92 Å². The second kappa shape index (κ2) is 8.26. The Kier molecular flexibility index (Phi) is 6.66. The van der Waals surface area contributed by atoms with E-state index in [1.54, 1.807) is 0 Å². The molecule has 19 heavy (non-hydrogen) atoms. The largest absolute Gasteiger partial charge is 0.315 e. The van der Waals surface area contributed by atoms with Crippen molar-refractivity contribution >= 4 is 0 Å². The maximum absolute atomic E-state index is 3.50. The molecule has 2 unspecified atom stereocenters. The third-order valence-electron chi connectivity index (χ3n) is 5.05. The highest BCUT2D eigenvalue weighted by Gasteiger charge is 2.34. The van der Waals surface area contributed by atoms with Gasteiger partial charge in [-0.05, 0) is 57.7 Å². The molecule has 0 bridgehead atoms. The maximum Gasteiger partial charge on any atom is 0.0124 e. The van der Waals surface area contributed by atoms with Crippen molar-refractivity contribution in [3.8, 4) is 0 Å². The summed E-state index contributed by atoms with van der Waals surface area (Å²) in [5, 5.41) is 3.50. The third kappa shape index (κ3) is 5.07. The number of hydrogen-bond donors (Lipinski definition) is 1. The first-order chi connectivity index (χ1) is 9.27. The highest BCUT2D eigenvalue weighted by molar-refractivity contribution is 4.89. The molecular formula is C17H34N2. The predicted molar refractivity (Wildman–Crippen MR) is 83.5 cm³/mol. The van der Waals surface area contributed by atoms with Crippen molar-refractivity contribution in [1.29, 1.82) is 0 Å². The molecule has 1 N–H and O–H groups in total. The standard InChI is InChI=1S/C17H34N2/c1-15(2)18-12-7-3-4-8-13-19-14-11-16-9-5-6-10-17(16)19/h15-18H,3-14H2,1-2H3. The van der Waals surface area contributed by atoms with Gasteiger partial charge in [0.05, 0.1) is 0 Å². The quantitative estimate of drug-likeness (QED) is 0.672. The third-order valence-corrected chi connectivity index (χ3v) is 5.05. The van der Waals surface area contributed by atoms with Crippen LogP contribution in [0.4, 0.5) is 0 Å². The second-order valence-electron chi connectivity index (χ2n) is 6.96. The molecule has 2 heteroatoms. The van der Waals surface area contributed by atoms with E-state index in [0.717, 1.165) is 12.0 Å². The van der Waals surface area contributed by atoms with Gasteiger partial charge in [-0.15, -0.1) is 0 Å². The molecule has 0 spiro atoms. The van der Waals surface area contributed by atoms with E-state index in [1.807, 2.05) is 0 Å². The molecule has 2 aliphatic rings. The minimum atomic E-state index is 0.646. The van der Waals surface area contributed by atoms with Gasteiger partial charge in [0, 0.05) is 12.1 Å². The molecule has 112 valence electrons. The van der Waals surface area contributed by atoms with Crippen molar-refractivity contribution in [3.05, 3.63) is 0 Å². The number of nitrogens with one attached hydrogen (secondary N) is 1. The molecule has 1 aliphatic heterocycles. The number of likely N-dealkylation sites (tertiary alicyclic amines) is 1. The van der Waals surface area contributed by atoms with Crippen LogP contribution >= 0.6 is 0 Å². The van der Waals surface area contributed by atoms with Gasteiger partial charge in [0.1, 0.15) is 0 Å². The summed E-state index contributed by atoms with van der Waals surface area (Å²) in [7, 11) is 0. The molecule has 2 rings (SSSR count). The first-order valence-corrected chi connectivity index (χ1v) is 8.75. The molecular weight excluding hydrogens is 232 g/mol. The Bertz CT molecular complexity index is 239. The Hall–Kier alpha value is -0.0800. The zero-order valence-corrected chi connectivity index (χ0v) is 13.2. The number of rotatable bonds is 8. The molecule has 1 aliphatic carbocycles. The Morgan fingerprint density at radius 1 is 1.00 bits per heavy atom. The molecule has 1 saturated heterocycles. The lowest BCUT2D eigenvalue weighted by Gasteiger charge is -2.31. The van der Waals surface area contributed by atoms with Crippen molar-refractivity contribution < 1.29 is 0 Å². The molecule has 2 nitrogen and oxygen atoms in total. The van der Waals surface area contributed by atoms with Crippen LogP contribution in [0.5, 0.6) is 0 Å². The molecule has 1 saturated carbocycles. The fraction of sp³-hybridized carbons (Fsp3) is 1.00. The van der Waals surface area contributed by atoms with E-state index in [4.69, 9.17) is 0 Å². The lowest BCUT2D eigenvalue weighted by Crippen LogP contribution is -2.35. The van der Waals surface area contributed by atoms with Gasteiger partial charge in [-0.25, -0.2) is 0 Å². The van der Waals surface area contributed by atoms with E-state index in [-0.39, 0.29) is 0 Å². The van der Waals surface area contributed by atoms with Crippen LogP contribution in [-0.4, -0.2) is 36.6 Å². The zero-order chi connectivity index (χ0) is 13.5. The van der Waals surface area contributed by atoms with Gasteiger partial charge in [-0.3, -0.25) is 0 Å². The average molecular weight is 266 g/mol. The van der Waals surface area contributed by atoms with E-state index in [9.17, 15) is 0 Å². The van der Waals surface area contributed by atoms with Gasteiger partial charge >= 0.3 is 0 Å². The molecule has 1 heterocycles. The van der Waals surface area contributed by atoms with E-state index in [2.05, 4.69) is 24.1 Å². The SMILES string of the molecule is CC(C)NCCCCCCN1CCC2CCCCC21. The summed E-state index contributed by atoms with van der Waals surface area (Å²) in [6, 6.07) is 1.61. The summed E-state index contributed by atoms with van der Waals surface area (Å²) in [6.07, 6.45) is 13.1. The number of nitrogens with zero attached hydrogens (tertiary/aromatic N) is 1. The van der Waals surface area contributed by atoms with Crippen LogP contribution in [0.2, 0.25) is 0 Å². The van der Waals surface area contributed by atoms with E-state index < -0.39 is 0 Å². The molecule has 2 fully saturated rings. The van der Waals surface area contributed by atoms with Gasteiger partial charge in [0.15, 0.2) is 0 Å². The second-order valence-corrected chi connectivity index (χ2v) is 6.96. The highest BCUT2D eigenvalue weighted by Crippen LogP contribution is 2.36. The van der Waals surface area contributed by atoms with Crippen LogP contribution in [0.3, 0.4) is 0 Å². The molecule has 0 amide bonds. The smallest absolute Gasteiger partial charge is 0.0124 e. The normalized spacial score (nSPS) is 27.9. The van der Waals surface area contributed by atoms with Crippen LogP contribution in [0.15, 0.2) is 0 Å². The lowest BCUT2D eigenvalue weighted by atomic mass is 9.85. The molecule has 0 aromatic heterocycles.